The van der Waals surface area contributed by atoms with Gasteiger partial charge in [-0.25, -0.2) is 4.79 Å². The van der Waals surface area contributed by atoms with E-state index in [4.69, 9.17) is 5.73 Å². The summed E-state index contributed by atoms with van der Waals surface area (Å²) < 4.78 is 4.65. The lowest BCUT2D eigenvalue weighted by Crippen LogP contribution is -2.41. The Morgan fingerprint density at radius 1 is 1.32 bits per heavy atom. The number of carbonyl (C=O) groups excluding carboxylic acids is 2. The molecule has 0 saturated carbocycles. The quantitative estimate of drug-likeness (QED) is 0.768. The fraction of sp³-hybridized carbons (Fsp3) is 0.385. The van der Waals surface area contributed by atoms with Crippen molar-refractivity contribution >= 4 is 24.3 Å². The highest BCUT2D eigenvalue weighted by Gasteiger charge is 2.21. The lowest BCUT2D eigenvalue weighted by atomic mass is 10.1. The SMILES string of the molecule is COC(=O)C(CCCN)NC(=O)c1ccccc1.Cl. The van der Waals surface area contributed by atoms with Crippen molar-refractivity contribution in [3.05, 3.63) is 35.9 Å². The zero-order chi connectivity index (χ0) is 13.4. The standard InChI is InChI=1S/C13H18N2O3.ClH/c1-18-13(17)11(8-5-9-14)15-12(16)10-6-3-2-4-7-10;/h2-4,6-7,11H,5,8-9,14H2,1H3,(H,15,16);1H. The van der Waals surface area contributed by atoms with Crippen LogP contribution in [0.25, 0.3) is 0 Å². The van der Waals surface area contributed by atoms with Gasteiger partial charge in [-0.1, -0.05) is 18.2 Å². The summed E-state index contributed by atoms with van der Waals surface area (Å²) in [4.78, 5) is 23.4. The van der Waals surface area contributed by atoms with Gasteiger partial charge in [-0.3, -0.25) is 4.79 Å². The molecule has 0 aromatic heterocycles. The van der Waals surface area contributed by atoms with Crippen molar-refractivity contribution in [3.8, 4) is 0 Å². The molecule has 19 heavy (non-hydrogen) atoms. The summed E-state index contributed by atoms with van der Waals surface area (Å²) in [5.74, 6) is -0.740. The number of rotatable bonds is 6. The first-order valence-corrected chi connectivity index (χ1v) is 5.83. The lowest BCUT2D eigenvalue weighted by molar-refractivity contribution is -0.143. The van der Waals surface area contributed by atoms with Crippen molar-refractivity contribution < 1.29 is 14.3 Å². The second kappa shape index (κ2) is 9.35. The molecule has 3 N–H and O–H groups in total. The number of esters is 1. The van der Waals surface area contributed by atoms with Crippen LogP contribution in [-0.2, 0) is 9.53 Å². The predicted molar refractivity (Wildman–Crippen MR) is 75.2 cm³/mol. The molecule has 0 saturated heterocycles. The highest BCUT2D eigenvalue weighted by atomic mass is 35.5. The van der Waals surface area contributed by atoms with Crippen LogP contribution in [0, 0.1) is 0 Å². The van der Waals surface area contributed by atoms with E-state index in [1.54, 1.807) is 24.3 Å². The van der Waals surface area contributed by atoms with E-state index >= 15 is 0 Å². The van der Waals surface area contributed by atoms with Crippen molar-refractivity contribution in [2.24, 2.45) is 5.73 Å². The van der Waals surface area contributed by atoms with E-state index in [1.165, 1.54) is 7.11 Å². The molecule has 0 fully saturated rings. The zero-order valence-electron chi connectivity index (χ0n) is 10.8. The van der Waals surface area contributed by atoms with Crippen LogP contribution in [0.4, 0.5) is 0 Å². The number of amides is 1. The van der Waals surface area contributed by atoms with Gasteiger partial charge in [0.15, 0.2) is 0 Å². The monoisotopic (exact) mass is 286 g/mol. The third-order valence-electron chi connectivity index (χ3n) is 2.52. The van der Waals surface area contributed by atoms with Gasteiger partial charge in [0.2, 0.25) is 0 Å². The van der Waals surface area contributed by atoms with E-state index in [9.17, 15) is 9.59 Å². The zero-order valence-corrected chi connectivity index (χ0v) is 11.6. The number of halogens is 1. The highest BCUT2D eigenvalue weighted by Crippen LogP contribution is 2.03. The van der Waals surface area contributed by atoms with Gasteiger partial charge in [-0.15, -0.1) is 12.4 Å². The van der Waals surface area contributed by atoms with E-state index < -0.39 is 12.0 Å². The molecule has 0 spiro atoms. The first-order chi connectivity index (χ1) is 8.69. The van der Waals surface area contributed by atoms with Crippen molar-refractivity contribution in [1.29, 1.82) is 0 Å². The van der Waals surface area contributed by atoms with Crippen molar-refractivity contribution in [2.75, 3.05) is 13.7 Å². The van der Waals surface area contributed by atoms with Gasteiger partial charge < -0.3 is 15.8 Å². The number of carbonyl (C=O) groups is 2. The third-order valence-corrected chi connectivity index (χ3v) is 2.52. The van der Waals surface area contributed by atoms with Gasteiger partial charge in [-0.2, -0.15) is 0 Å². The molecular weight excluding hydrogens is 268 g/mol. The number of methoxy groups -OCH3 is 1. The second-order valence-corrected chi connectivity index (χ2v) is 3.85. The first-order valence-electron chi connectivity index (χ1n) is 5.83. The van der Waals surface area contributed by atoms with Crippen LogP contribution < -0.4 is 11.1 Å². The summed E-state index contributed by atoms with van der Waals surface area (Å²) in [6, 6.07) is 8.08. The predicted octanol–water partition coefficient (Wildman–Crippen LogP) is 1.12. The summed E-state index contributed by atoms with van der Waals surface area (Å²) in [5.41, 5.74) is 5.91. The number of hydrogen-bond acceptors (Lipinski definition) is 4. The van der Waals surface area contributed by atoms with E-state index in [0.717, 1.165) is 0 Å². The minimum atomic E-state index is -0.647. The van der Waals surface area contributed by atoms with Crippen molar-refractivity contribution in [3.63, 3.8) is 0 Å². The summed E-state index contributed by atoms with van der Waals surface area (Å²) >= 11 is 0. The Labute approximate surface area is 118 Å². The largest absolute Gasteiger partial charge is 0.467 e. The molecular formula is C13H19ClN2O3. The maximum Gasteiger partial charge on any atom is 0.328 e. The Morgan fingerprint density at radius 3 is 2.47 bits per heavy atom. The smallest absolute Gasteiger partial charge is 0.328 e. The molecule has 5 nitrogen and oxygen atoms in total. The second-order valence-electron chi connectivity index (χ2n) is 3.85. The fourth-order valence-corrected chi connectivity index (χ4v) is 1.54. The van der Waals surface area contributed by atoms with Gasteiger partial charge in [0.05, 0.1) is 7.11 Å². The average Bonchev–Trinajstić information content (AvgIpc) is 2.43. The third kappa shape index (κ3) is 5.72. The molecule has 1 aromatic carbocycles. The van der Waals surface area contributed by atoms with Crippen LogP contribution in [0.2, 0.25) is 0 Å². The van der Waals surface area contributed by atoms with Crippen molar-refractivity contribution in [1.82, 2.24) is 5.32 Å². The Morgan fingerprint density at radius 2 is 1.95 bits per heavy atom. The number of nitrogens with two attached hydrogens (primary N) is 1. The van der Waals surface area contributed by atoms with Crippen LogP contribution in [0.1, 0.15) is 23.2 Å². The maximum absolute atomic E-state index is 11.9. The van der Waals surface area contributed by atoms with Gasteiger partial charge in [0, 0.05) is 5.56 Å². The number of nitrogens with one attached hydrogen (secondary N) is 1. The molecule has 1 amide bonds. The number of hydrogen-bond donors (Lipinski definition) is 2. The van der Waals surface area contributed by atoms with Crippen LogP contribution in [0.3, 0.4) is 0 Å². The van der Waals surface area contributed by atoms with Gasteiger partial charge in [0.25, 0.3) is 5.91 Å². The number of benzene rings is 1. The molecule has 6 heteroatoms. The normalized spacial score (nSPS) is 11.1. The minimum Gasteiger partial charge on any atom is -0.467 e. The average molecular weight is 287 g/mol. The Balaban J connectivity index is 0.00000324. The van der Waals surface area contributed by atoms with Crippen LogP contribution >= 0.6 is 12.4 Å². The molecule has 0 heterocycles. The van der Waals surface area contributed by atoms with E-state index in [0.29, 0.717) is 24.9 Å². The molecule has 0 aliphatic carbocycles. The summed E-state index contributed by atoms with van der Waals surface area (Å²) in [6.45, 7) is 0.467. The van der Waals surface area contributed by atoms with Crippen LogP contribution in [0.15, 0.2) is 30.3 Å². The van der Waals surface area contributed by atoms with Crippen LogP contribution in [0.5, 0.6) is 0 Å². The molecule has 1 rings (SSSR count). The van der Waals surface area contributed by atoms with E-state index in [-0.39, 0.29) is 18.3 Å². The number of ether oxygens (including phenoxy) is 1. The molecule has 106 valence electrons. The topological polar surface area (TPSA) is 81.4 Å². The highest BCUT2D eigenvalue weighted by molar-refractivity contribution is 5.96. The molecule has 0 bridgehead atoms. The maximum atomic E-state index is 11.9. The van der Waals surface area contributed by atoms with Crippen LogP contribution in [-0.4, -0.2) is 31.6 Å². The Bertz CT molecular complexity index is 398. The summed E-state index contributed by atoms with van der Waals surface area (Å²) in [7, 11) is 1.30. The van der Waals surface area contributed by atoms with E-state index in [1.807, 2.05) is 6.07 Å². The molecule has 1 aromatic rings. The Kier molecular flexibility index (Phi) is 8.57. The molecule has 0 radical (unpaired) electrons. The molecule has 1 unspecified atom stereocenters. The Hall–Kier alpha value is -1.59. The van der Waals surface area contributed by atoms with Gasteiger partial charge in [0.1, 0.15) is 6.04 Å². The van der Waals surface area contributed by atoms with Gasteiger partial charge in [-0.05, 0) is 31.5 Å². The van der Waals surface area contributed by atoms with Crippen molar-refractivity contribution in [2.45, 2.75) is 18.9 Å². The lowest BCUT2D eigenvalue weighted by Gasteiger charge is -2.16. The summed E-state index contributed by atoms with van der Waals surface area (Å²) in [5, 5.41) is 2.65. The minimum absolute atomic E-state index is 0. The molecule has 1 atom stereocenters. The molecule has 0 aliphatic rings. The summed E-state index contributed by atoms with van der Waals surface area (Å²) in [6.07, 6.45) is 1.12. The van der Waals surface area contributed by atoms with E-state index in [2.05, 4.69) is 10.1 Å². The first kappa shape index (κ1) is 17.4. The fourth-order valence-electron chi connectivity index (χ4n) is 1.54. The molecule has 0 aliphatic heterocycles. The van der Waals surface area contributed by atoms with Gasteiger partial charge >= 0.3 is 5.97 Å².